The molecule has 0 aromatic heterocycles. The molecule has 0 fully saturated rings. The minimum absolute atomic E-state index is 0.244. The van der Waals surface area contributed by atoms with Crippen molar-refractivity contribution in [3.05, 3.63) is 23.8 Å². The van der Waals surface area contributed by atoms with Crippen molar-refractivity contribution in [2.75, 3.05) is 25.6 Å². The molecule has 0 unspecified atom stereocenters. The Kier molecular flexibility index (Phi) is 4.57. The molecule has 0 saturated heterocycles. The number of ether oxygens (including phenoxy) is 2. The van der Waals surface area contributed by atoms with Crippen molar-refractivity contribution in [2.45, 2.75) is 6.92 Å². The maximum absolute atomic E-state index is 11.8. The molecule has 0 radical (unpaired) electrons. The van der Waals surface area contributed by atoms with Gasteiger partial charge in [-0.25, -0.2) is 9.18 Å². The van der Waals surface area contributed by atoms with Crippen LogP contribution < -0.4 is 10.5 Å². The molecular formula is C11H14FNO3. The minimum atomic E-state index is -0.696. The van der Waals surface area contributed by atoms with Gasteiger partial charge in [0, 0.05) is 0 Å². The number of hydrogen-bond acceptors (Lipinski definition) is 4. The van der Waals surface area contributed by atoms with Gasteiger partial charge in [-0.15, -0.1) is 0 Å². The molecule has 16 heavy (non-hydrogen) atoms. The average Bonchev–Trinajstić information content (AvgIpc) is 2.29. The molecule has 0 spiro atoms. The van der Waals surface area contributed by atoms with Gasteiger partial charge in [0.2, 0.25) is 0 Å². The molecule has 1 rings (SSSR count). The van der Waals surface area contributed by atoms with Crippen molar-refractivity contribution in [3.8, 4) is 5.75 Å². The Morgan fingerprint density at radius 2 is 2.25 bits per heavy atom. The molecule has 4 nitrogen and oxygen atoms in total. The predicted molar refractivity (Wildman–Crippen MR) is 58.3 cm³/mol. The van der Waals surface area contributed by atoms with E-state index in [1.165, 1.54) is 12.1 Å². The summed E-state index contributed by atoms with van der Waals surface area (Å²) < 4.78 is 21.6. The summed E-state index contributed by atoms with van der Waals surface area (Å²) in [6.07, 6.45) is 0. The van der Waals surface area contributed by atoms with Crippen LogP contribution >= 0.6 is 0 Å². The summed E-state index contributed by atoms with van der Waals surface area (Å²) in [5, 5.41) is 0. The van der Waals surface area contributed by atoms with Crippen LogP contribution in [0, 0.1) is 0 Å². The Hall–Kier alpha value is -1.78. The molecule has 0 aliphatic heterocycles. The van der Waals surface area contributed by atoms with Crippen LogP contribution in [0.2, 0.25) is 0 Å². The van der Waals surface area contributed by atoms with Gasteiger partial charge in [0.15, 0.2) is 0 Å². The minimum Gasteiger partial charge on any atom is -0.492 e. The quantitative estimate of drug-likeness (QED) is 0.615. The van der Waals surface area contributed by atoms with E-state index in [9.17, 15) is 9.18 Å². The van der Waals surface area contributed by atoms with Crippen molar-refractivity contribution in [3.63, 3.8) is 0 Å². The molecule has 0 amide bonds. The van der Waals surface area contributed by atoms with Crippen LogP contribution in [-0.4, -0.2) is 25.9 Å². The van der Waals surface area contributed by atoms with Crippen molar-refractivity contribution in [1.29, 1.82) is 0 Å². The lowest BCUT2D eigenvalue weighted by Gasteiger charge is -2.08. The predicted octanol–water partition coefficient (Wildman–Crippen LogP) is 1.79. The Bertz CT molecular complexity index is 368. The van der Waals surface area contributed by atoms with E-state index in [0.29, 0.717) is 18.0 Å². The van der Waals surface area contributed by atoms with E-state index in [1.54, 1.807) is 6.07 Å². The number of esters is 1. The van der Waals surface area contributed by atoms with Gasteiger partial charge in [0.25, 0.3) is 0 Å². The van der Waals surface area contributed by atoms with Crippen LogP contribution in [0.25, 0.3) is 0 Å². The number of carbonyl (C=O) groups excluding carboxylic acids is 1. The van der Waals surface area contributed by atoms with Gasteiger partial charge >= 0.3 is 5.97 Å². The van der Waals surface area contributed by atoms with Crippen LogP contribution in [0.5, 0.6) is 5.75 Å². The third-order valence-electron chi connectivity index (χ3n) is 1.86. The van der Waals surface area contributed by atoms with Gasteiger partial charge in [-0.3, -0.25) is 0 Å². The zero-order chi connectivity index (χ0) is 12.0. The molecule has 0 aliphatic carbocycles. The largest absolute Gasteiger partial charge is 0.492 e. The molecule has 88 valence electrons. The van der Waals surface area contributed by atoms with E-state index >= 15 is 0 Å². The number of anilines is 1. The Morgan fingerprint density at radius 1 is 1.50 bits per heavy atom. The summed E-state index contributed by atoms with van der Waals surface area (Å²) in [4.78, 5) is 11.3. The van der Waals surface area contributed by atoms with E-state index in [1.807, 2.05) is 6.92 Å². The third-order valence-corrected chi connectivity index (χ3v) is 1.86. The van der Waals surface area contributed by atoms with Gasteiger partial charge in [-0.05, 0) is 25.1 Å². The molecule has 0 bridgehead atoms. The summed E-state index contributed by atoms with van der Waals surface area (Å²) in [6, 6.07) is 4.57. The number of nitrogens with two attached hydrogens (primary N) is 1. The first-order valence-electron chi connectivity index (χ1n) is 4.94. The zero-order valence-electron chi connectivity index (χ0n) is 9.03. The maximum Gasteiger partial charge on any atom is 0.338 e. The SMILES string of the molecule is CCOc1ccc(C(=O)OCCF)cc1N. The molecule has 1 aromatic carbocycles. The second-order valence-corrected chi connectivity index (χ2v) is 3.01. The van der Waals surface area contributed by atoms with E-state index < -0.39 is 12.6 Å². The Balaban J connectivity index is 2.76. The van der Waals surface area contributed by atoms with E-state index in [2.05, 4.69) is 4.74 Å². The van der Waals surface area contributed by atoms with Crippen molar-refractivity contribution < 1.29 is 18.7 Å². The molecule has 0 saturated carbocycles. The number of alkyl halides is 1. The lowest BCUT2D eigenvalue weighted by molar-refractivity contribution is 0.0481. The first-order valence-corrected chi connectivity index (χ1v) is 4.94. The summed E-state index contributed by atoms with van der Waals surface area (Å²) in [7, 11) is 0. The Labute approximate surface area is 93.2 Å². The first-order chi connectivity index (χ1) is 7.69. The number of rotatable bonds is 5. The molecule has 0 atom stereocenters. The van der Waals surface area contributed by atoms with Gasteiger partial charge in [-0.2, -0.15) is 0 Å². The highest BCUT2D eigenvalue weighted by Gasteiger charge is 2.09. The smallest absolute Gasteiger partial charge is 0.338 e. The first kappa shape index (κ1) is 12.3. The van der Waals surface area contributed by atoms with Crippen molar-refractivity contribution in [1.82, 2.24) is 0 Å². The van der Waals surface area contributed by atoms with E-state index in [-0.39, 0.29) is 12.2 Å². The lowest BCUT2D eigenvalue weighted by Crippen LogP contribution is -2.08. The summed E-state index contributed by atoms with van der Waals surface area (Å²) >= 11 is 0. The fraction of sp³-hybridized carbons (Fsp3) is 0.364. The number of carbonyl (C=O) groups is 1. The fourth-order valence-corrected chi connectivity index (χ4v) is 1.18. The molecule has 1 aromatic rings. The highest BCUT2D eigenvalue weighted by molar-refractivity contribution is 5.91. The normalized spacial score (nSPS) is 9.88. The summed E-state index contributed by atoms with van der Waals surface area (Å²) in [5.74, 6) is -0.0723. The standard InChI is InChI=1S/C11H14FNO3/c1-2-15-10-4-3-8(7-9(10)13)11(14)16-6-5-12/h3-4,7H,2,5-6,13H2,1H3. The summed E-state index contributed by atoms with van der Waals surface area (Å²) in [5.41, 5.74) is 6.31. The van der Waals surface area contributed by atoms with Crippen LogP contribution in [0.4, 0.5) is 10.1 Å². The summed E-state index contributed by atoms with van der Waals surface area (Å²) in [6.45, 7) is 1.39. The van der Waals surface area contributed by atoms with Crippen LogP contribution in [0.3, 0.4) is 0 Å². The number of benzene rings is 1. The topological polar surface area (TPSA) is 61.5 Å². The van der Waals surface area contributed by atoms with Crippen LogP contribution in [0.15, 0.2) is 18.2 Å². The van der Waals surface area contributed by atoms with Crippen LogP contribution in [-0.2, 0) is 4.74 Å². The Morgan fingerprint density at radius 3 is 2.81 bits per heavy atom. The zero-order valence-corrected chi connectivity index (χ0v) is 9.03. The molecule has 0 aliphatic rings. The number of halogens is 1. The van der Waals surface area contributed by atoms with Gasteiger partial charge in [0.1, 0.15) is 19.0 Å². The lowest BCUT2D eigenvalue weighted by atomic mass is 10.2. The van der Waals surface area contributed by atoms with Gasteiger partial charge in [0.05, 0.1) is 17.9 Å². The second-order valence-electron chi connectivity index (χ2n) is 3.01. The molecular weight excluding hydrogens is 213 g/mol. The molecule has 2 N–H and O–H groups in total. The van der Waals surface area contributed by atoms with E-state index in [4.69, 9.17) is 10.5 Å². The number of nitrogen functional groups attached to an aromatic ring is 1. The van der Waals surface area contributed by atoms with E-state index in [0.717, 1.165) is 0 Å². The highest BCUT2D eigenvalue weighted by atomic mass is 19.1. The third kappa shape index (κ3) is 3.12. The van der Waals surface area contributed by atoms with Gasteiger partial charge < -0.3 is 15.2 Å². The molecule has 5 heteroatoms. The fourth-order valence-electron chi connectivity index (χ4n) is 1.18. The average molecular weight is 227 g/mol. The monoisotopic (exact) mass is 227 g/mol. The maximum atomic E-state index is 11.8. The van der Waals surface area contributed by atoms with Crippen LogP contribution in [0.1, 0.15) is 17.3 Å². The molecule has 0 heterocycles. The van der Waals surface area contributed by atoms with Crippen molar-refractivity contribution >= 4 is 11.7 Å². The van der Waals surface area contributed by atoms with Crippen molar-refractivity contribution in [2.24, 2.45) is 0 Å². The second kappa shape index (κ2) is 5.95. The highest BCUT2D eigenvalue weighted by Crippen LogP contribution is 2.22. The van der Waals surface area contributed by atoms with Gasteiger partial charge in [-0.1, -0.05) is 0 Å². The number of hydrogen-bond donors (Lipinski definition) is 1.